The maximum absolute atomic E-state index is 11.7. The molecule has 76 valence electrons. The van der Waals surface area contributed by atoms with E-state index in [1.165, 1.54) is 0 Å². The first kappa shape index (κ1) is 10.8. The van der Waals surface area contributed by atoms with Gasteiger partial charge in [0.2, 0.25) is 5.91 Å². The van der Waals surface area contributed by atoms with Crippen molar-refractivity contribution in [3.05, 3.63) is 12.2 Å². The third-order valence-corrected chi connectivity index (χ3v) is 2.44. The van der Waals surface area contributed by atoms with E-state index in [1.807, 2.05) is 13.8 Å². The molecule has 1 atom stereocenters. The van der Waals surface area contributed by atoms with Gasteiger partial charge in [-0.2, -0.15) is 0 Å². The van der Waals surface area contributed by atoms with Gasteiger partial charge in [-0.3, -0.25) is 4.79 Å². The quantitative estimate of drug-likeness (QED) is 0.524. The van der Waals surface area contributed by atoms with E-state index >= 15 is 0 Å². The topological polar surface area (TPSA) is 29.1 Å². The van der Waals surface area contributed by atoms with Crippen LogP contribution in [0.5, 0.6) is 0 Å². The van der Waals surface area contributed by atoms with Gasteiger partial charge in [-0.05, 0) is 33.1 Å². The highest BCUT2D eigenvalue weighted by molar-refractivity contribution is 5.80. The summed E-state index contributed by atoms with van der Waals surface area (Å²) >= 11 is 0. The van der Waals surface area contributed by atoms with Crippen LogP contribution >= 0.6 is 0 Å². The average molecular weight is 191 g/mol. The third-order valence-electron chi connectivity index (χ3n) is 2.44. The maximum Gasteiger partial charge on any atom is 0.224 e. The molecule has 0 bridgehead atoms. The van der Waals surface area contributed by atoms with Gasteiger partial charge in [0.05, 0.1) is 5.54 Å². The lowest BCUT2D eigenvalue weighted by Crippen LogP contribution is -2.45. The van der Waals surface area contributed by atoms with Gasteiger partial charge in [0, 0.05) is 5.92 Å². The van der Waals surface area contributed by atoms with Crippen LogP contribution in [0, 0.1) is 18.3 Å². The number of hydrogen-bond donors (Lipinski definition) is 1. The van der Waals surface area contributed by atoms with E-state index in [1.54, 1.807) is 0 Å². The van der Waals surface area contributed by atoms with Gasteiger partial charge in [-0.25, -0.2) is 0 Å². The van der Waals surface area contributed by atoms with Crippen molar-refractivity contribution in [3.63, 3.8) is 0 Å². The molecule has 1 unspecified atom stereocenters. The van der Waals surface area contributed by atoms with Gasteiger partial charge in [0.1, 0.15) is 0 Å². The van der Waals surface area contributed by atoms with E-state index < -0.39 is 5.54 Å². The number of hydrogen-bond acceptors (Lipinski definition) is 1. The molecule has 2 nitrogen and oxygen atoms in total. The van der Waals surface area contributed by atoms with Gasteiger partial charge < -0.3 is 5.32 Å². The fourth-order valence-electron chi connectivity index (χ4n) is 1.48. The lowest BCUT2D eigenvalue weighted by molar-refractivity contribution is -0.126. The van der Waals surface area contributed by atoms with Crippen molar-refractivity contribution in [1.82, 2.24) is 5.32 Å². The number of carbonyl (C=O) groups is 1. The molecule has 1 aliphatic carbocycles. The summed E-state index contributed by atoms with van der Waals surface area (Å²) in [6, 6.07) is 0. The molecule has 0 aromatic carbocycles. The summed E-state index contributed by atoms with van der Waals surface area (Å²) in [6.07, 6.45) is 12.3. The van der Waals surface area contributed by atoms with E-state index in [4.69, 9.17) is 6.42 Å². The first-order valence-electron chi connectivity index (χ1n) is 5.00. The average Bonchev–Trinajstić information content (AvgIpc) is 2.19. The minimum atomic E-state index is -0.530. The monoisotopic (exact) mass is 191 g/mol. The molecule has 14 heavy (non-hydrogen) atoms. The molecule has 0 spiro atoms. The highest BCUT2D eigenvalue weighted by atomic mass is 16.2. The third kappa shape index (κ3) is 2.92. The Hall–Kier alpha value is -1.23. The number of nitrogens with one attached hydrogen (secondary N) is 1. The zero-order valence-corrected chi connectivity index (χ0v) is 8.84. The molecule has 2 heteroatoms. The zero-order valence-electron chi connectivity index (χ0n) is 8.84. The highest BCUT2D eigenvalue weighted by Crippen LogP contribution is 2.18. The predicted molar refractivity (Wildman–Crippen MR) is 57.5 cm³/mol. The highest BCUT2D eigenvalue weighted by Gasteiger charge is 2.23. The number of carbonyl (C=O) groups excluding carboxylic acids is 1. The fourth-order valence-corrected chi connectivity index (χ4v) is 1.48. The van der Waals surface area contributed by atoms with E-state index in [-0.39, 0.29) is 11.8 Å². The van der Waals surface area contributed by atoms with Crippen LogP contribution in [0.2, 0.25) is 0 Å². The van der Waals surface area contributed by atoms with Gasteiger partial charge >= 0.3 is 0 Å². The van der Waals surface area contributed by atoms with E-state index in [0.717, 1.165) is 19.3 Å². The van der Waals surface area contributed by atoms with Gasteiger partial charge in [-0.15, -0.1) is 6.42 Å². The molecule has 0 aromatic rings. The van der Waals surface area contributed by atoms with Crippen LogP contribution in [0.3, 0.4) is 0 Å². The second kappa shape index (κ2) is 4.32. The standard InChI is InChI=1S/C12H17NO/c1-4-12(2,3)13-11(14)10-8-6-5-7-9-10/h1,5-6,10H,7-9H2,2-3H3,(H,13,14). The molecule has 1 amide bonds. The molecular weight excluding hydrogens is 174 g/mol. The summed E-state index contributed by atoms with van der Waals surface area (Å²) in [6.45, 7) is 3.67. The molecular formula is C12H17NO. The first-order valence-corrected chi connectivity index (χ1v) is 5.00. The van der Waals surface area contributed by atoms with Crippen molar-refractivity contribution >= 4 is 5.91 Å². The molecule has 0 radical (unpaired) electrons. The molecule has 0 saturated heterocycles. The van der Waals surface area contributed by atoms with Crippen LogP contribution in [0.1, 0.15) is 33.1 Å². The Balaban J connectivity index is 2.50. The SMILES string of the molecule is C#CC(C)(C)NC(=O)C1CC=CCC1. The molecule has 0 fully saturated rings. The van der Waals surface area contributed by atoms with Crippen molar-refractivity contribution < 1.29 is 4.79 Å². The summed E-state index contributed by atoms with van der Waals surface area (Å²) in [4.78, 5) is 11.7. The van der Waals surface area contributed by atoms with Crippen LogP contribution in [0.4, 0.5) is 0 Å². The van der Waals surface area contributed by atoms with Crippen molar-refractivity contribution in [1.29, 1.82) is 0 Å². The first-order chi connectivity index (χ1) is 6.55. The fraction of sp³-hybridized carbons (Fsp3) is 0.583. The lowest BCUT2D eigenvalue weighted by atomic mass is 9.92. The molecule has 1 aliphatic rings. The second-order valence-electron chi connectivity index (χ2n) is 4.24. The smallest absolute Gasteiger partial charge is 0.224 e. The number of rotatable bonds is 2. The van der Waals surface area contributed by atoms with Gasteiger partial charge in [0.15, 0.2) is 0 Å². The maximum atomic E-state index is 11.7. The molecule has 0 heterocycles. The Bertz CT molecular complexity index is 283. The predicted octanol–water partition coefficient (Wildman–Crippen LogP) is 1.87. The van der Waals surface area contributed by atoms with Crippen LogP contribution < -0.4 is 5.32 Å². The normalized spacial score (nSPS) is 21.4. The number of terminal acetylenes is 1. The van der Waals surface area contributed by atoms with Crippen LogP contribution in [-0.4, -0.2) is 11.4 Å². The van der Waals surface area contributed by atoms with Crippen molar-refractivity contribution in [2.24, 2.45) is 5.92 Å². The van der Waals surface area contributed by atoms with E-state index in [2.05, 4.69) is 23.4 Å². The number of amides is 1. The van der Waals surface area contributed by atoms with Gasteiger partial charge in [-0.1, -0.05) is 18.1 Å². The van der Waals surface area contributed by atoms with Crippen molar-refractivity contribution in [3.8, 4) is 12.3 Å². The Morgan fingerprint density at radius 1 is 1.57 bits per heavy atom. The summed E-state index contributed by atoms with van der Waals surface area (Å²) in [5.74, 6) is 2.75. The van der Waals surface area contributed by atoms with E-state index in [9.17, 15) is 4.79 Å². The molecule has 0 saturated carbocycles. The largest absolute Gasteiger partial charge is 0.340 e. The van der Waals surface area contributed by atoms with Crippen LogP contribution in [0.25, 0.3) is 0 Å². The molecule has 1 rings (SSSR count). The summed E-state index contributed by atoms with van der Waals surface area (Å²) in [5, 5.41) is 2.87. The Morgan fingerprint density at radius 2 is 2.29 bits per heavy atom. The Kier molecular flexibility index (Phi) is 3.35. The van der Waals surface area contributed by atoms with Crippen molar-refractivity contribution in [2.75, 3.05) is 0 Å². The van der Waals surface area contributed by atoms with Gasteiger partial charge in [0.25, 0.3) is 0 Å². The van der Waals surface area contributed by atoms with Crippen LogP contribution in [0.15, 0.2) is 12.2 Å². The zero-order chi connectivity index (χ0) is 10.6. The summed E-state index contributed by atoms with van der Waals surface area (Å²) in [5.41, 5.74) is -0.530. The second-order valence-corrected chi connectivity index (χ2v) is 4.24. The molecule has 1 N–H and O–H groups in total. The minimum absolute atomic E-state index is 0.0808. The molecule has 0 aromatic heterocycles. The Morgan fingerprint density at radius 3 is 2.79 bits per heavy atom. The molecule has 0 aliphatic heterocycles. The van der Waals surface area contributed by atoms with E-state index in [0.29, 0.717) is 0 Å². The summed E-state index contributed by atoms with van der Waals surface area (Å²) < 4.78 is 0. The lowest BCUT2D eigenvalue weighted by Gasteiger charge is -2.24. The van der Waals surface area contributed by atoms with Crippen molar-refractivity contribution in [2.45, 2.75) is 38.6 Å². The minimum Gasteiger partial charge on any atom is -0.340 e. The summed E-state index contributed by atoms with van der Waals surface area (Å²) in [7, 11) is 0. The van der Waals surface area contributed by atoms with Crippen LogP contribution in [-0.2, 0) is 4.79 Å². The Labute approximate surface area is 85.8 Å². The number of allylic oxidation sites excluding steroid dienone is 2.